The second-order valence-corrected chi connectivity index (χ2v) is 5.10. The summed E-state index contributed by atoms with van der Waals surface area (Å²) in [6.07, 6.45) is 5.40. The highest BCUT2D eigenvalue weighted by Crippen LogP contribution is 2.29. The van der Waals surface area contributed by atoms with Crippen molar-refractivity contribution in [2.45, 2.75) is 37.6 Å². The SMILES string of the molecule is O=C(NC1(CCl)CCCCC1)c1csnn1. The first kappa shape index (κ1) is 11.8. The number of carbonyl (C=O) groups is 1. The molecule has 2 rings (SSSR count). The Bertz CT molecular complexity index is 349. The largest absolute Gasteiger partial charge is 0.344 e. The highest BCUT2D eigenvalue weighted by Gasteiger charge is 2.33. The number of alkyl halides is 1. The first-order valence-electron chi connectivity index (χ1n) is 5.41. The molecule has 0 saturated heterocycles. The van der Waals surface area contributed by atoms with Gasteiger partial charge < -0.3 is 5.32 Å². The summed E-state index contributed by atoms with van der Waals surface area (Å²) in [5, 5.41) is 8.43. The van der Waals surface area contributed by atoms with Gasteiger partial charge in [0.25, 0.3) is 5.91 Å². The summed E-state index contributed by atoms with van der Waals surface area (Å²) in [5.41, 5.74) is 0.153. The van der Waals surface area contributed by atoms with Crippen molar-refractivity contribution in [1.29, 1.82) is 0 Å². The molecular weight excluding hydrogens is 246 g/mol. The smallest absolute Gasteiger partial charge is 0.273 e. The first-order valence-corrected chi connectivity index (χ1v) is 6.78. The molecule has 1 aromatic rings. The second-order valence-electron chi connectivity index (χ2n) is 4.22. The van der Waals surface area contributed by atoms with Crippen molar-refractivity contribution in [3.63, 3.8) is 0 Å². The molecule has 0 aliphatic heterocycles. The molecule has 16 heavy (non-hydrogen) atoms. The maximum atomic E-state index is 11.9. The van der Waals surface area contributed by atoms with Crippen LogP contribution in [0, 0.1) is 0 Å². The van der Waals surface area contributed by atoms with E-state index >= 15 is 0 Å². The van der Waals surface area contributed by atoms with Gasteiger partial charge in [0.2, 0.25) is 0 Å². The summed E-state index contributed by atoms with van der Waals surface area (Å²) in [6.45, 7) is 0. The molecule has 1 N–H and O–H groups in total. The van der Waals surface area contributed by atoms with Crippen molar-refractivity contribution in [1.82, 2.24) is 14.9 Å². The third kappa shape index (κ3) is 2.52. The Morgan fingerprint density at radius 3 is 2.81 bits per heavy atom. The van der Waals surface area contributed by atoms with E-state index in [2.05, 4.69) is 14.9 Å². The summed E-state index contributed by atoms with van der Waals surface area (Å²) in [5.74, 6) is 0.312. The third-order valence-corrected chi connectivity index (χ3v) is 4.05. The number of nitrogens with one attached hydrogen (secondary N) is 1. The maximum absolute atomic E-state index is 11.9. The van der Waals surface area contributed by atoms with Crippen molar-refractivity contribution < 1.29 is 4.79 Å². The Balaban J connectivity index is 2.03. The van der Waals surface area contributed by atoms with Gasteiger partial charge in [0, 0.05) is 11.3 Å². The van der Waals surface area contributed by atoms with Crippen LogP contribution in [0.5, 0.6) is 0 Å². The lowest BCUT2D eigenvalue weighted by molar-refractivity contribution is 0.0879. The molecule has 0 spiro atoms. The van der Waals surface area contributed by atoms with E-state index in [0.717, 1.165) is 25.7 Å². The van der Waals surface area contributed by atoms with Crippen LogP contribution in [-0.4, -0.2) is 26.9 Å². The number of hydrogen-bond donors (Lipinski definition) is 1. The average molecular weight is 260 g/mol. The van der Waals surface area contributed by atoms with E-state index in [4.69, 9.17) is 11.6 Å². The molecule has 0 atom stereocenters. The van der Waals surface area contributed by atoms with Crippen molar-refractivity contribution in [3.8, 4) is 0 Å². The summed E-state index contributed by atoms with van der Waals surface area (Å²) in [4.78, 5) is 11.9. The number of hydrogen-bond acceptors (Lipinski definition) is 4. The Hall–Kier alpha value is -0.680. The summed E-state index contributed by atoms with van der Waals surface area (Å²) < 4.78 is 3.68. The normalized spacial score (nSPS) is 19.3. The van der Waals surface area contributed by atoms with E-state index in [1.807, 2.05) is 0 Å². The Kier molecular flexibility index (Phi) is 3.76. The average Bonchev–Trinajstić information content (AvgIpc) is 2.84. The lowest BCUT2D eigenvalue weighted by Crippen LogP contribution is -2.51. The van der Waals surface area contributed by atoms with Crippen LogP contribution in [0.3, 0.4) is 0 Å². The number of nitrogens with zero attached hydrogens (tertiary/aromatic N) is 2. The number of aromatic nitrogens is 2. The van der Waals surface area contributed by atoms with Crippen molar-refractivity contribution in [2.24, 2.45) is 0 Å². The zero-order chi connectivity index (χ0) is 11.4. The van der Waals surface area contributed by atoms with E-state index in [9.17, 15) is 4.79 Å². The molecule has 1 fully saturated rings. The van der Waals surface area contributed by atoms with Gasteiger partial charge >= 0.3 is 0 Å². The van der Waals surface area contributed by atoms with Gasteiger partial charge in [-0.2, -0.15) is 0 Å². The lowest BCUT2D eigenvalue weighted by atomic mass is 9.83. The van der Waals surface area contributed by atoms with Crippen LogP contribution in [0.25, 0.3) is 0 Å². The molecule has 1 aliphatic rings. The third-order valence-electron chi connectivity index (χ3n) is 3.04. The van der Waals surface area contributed by atoms with Gasteiger partial charge in [-0.1, -0.05) is 23.8 Å². The van der Waals surface area contributed by atoms with Crippen LogP contribution < -0.4 is 5.32 Å². The number of halogens is 1. The minimum absolute atomic E-state index is 0.156. The quantitative estimate of drug-likeness (QED) is 0.847. The van der Waals surface area contributed by atoms with E-state index < -0.39 is 0 Å². The van der Waals surface area contributed by atoms with E-state index in [1.54, 1.807) is 5.38 Å². The van der Waals surface area contributed by atoms with E-state index in [-0.39, 0.29) is 11.4 Å². The van der Waals surface area contributed by atoms with Gasteiger partial charge in [0.1, 0.15) is 0 Å². The molecule has 88 valence electrons. The highest BCUT2D eigenvalue weighted by molar-refractivity contribution is 7.03. The van der Waals surface area contributed by atoms with Crippen LogP contribution >= 0.6 is 23.1 Å². The van der Waals surface area contributed by atoms with Crippen molar-refractivity contribution in [3.05, 3.63) is 11.1 Å². The molecule has 1 amide bonds. The summed E-state index contributed by atoms with van der Waals surface area (Å²) in [7, 11) is 0. The number of carbonyl (C=O) groups excluding carboxylic acids is 1. The summed E-state index contributed by atoms with van der Waals surface area (Å²) in [6, 6.07) is 0. The van der Waals surface area contributed by atoms with E-state index in [1.165, 1.54) is 18.0 Å². The first-order chi connectivity index (χ1) is 7.76. The fourth-order valence-corrected chi connectivity index (χ4v) is 2.86. The van der Waals surface area contributed by atoms with E-state index in [0.29, 0.717) is 11.6 Å². The molecule has 1 saturated carbocycles. The topological polar surface area (TPSA) is 54.9 Å². The molecule has 0 unspecified atom stereocenters. The minimum atomic E-state index is -0.236. The monoisotopic (exact) mass is 259 g/mol. The Morgan fingerprint density at radius 2 is 2.25 bits per heavy atom. The molecule has 1 heterocycles. The number of amides is 1. The molecule has 0 bridgehead atoms. The van der Waals surface area contributed by atoms with Crippen molar-refractivity contribution >= 4 is 29.0 Å². The standard InChI is InChI=1S/C10H14ClN3OS/c11-7-10(4-2-1-3-5-10)12-9(15)8-6-16-14-13-8/h6H,1-5,7H2,(H,12,15). The minimum Gasteiger partial charge on any atom is -0.344 e. The van der Waals surface area contributed by atoms with Crippen LogP contribution in [0.2, 0.25) is 0 Å². The van der Waals surface area contributed by atoms with Crippen LogP contribution in [-0.2, 0) is 0 Å². The predicted octanol–water partition coefficient (Wildman–Crippen LogP) is 2.21. The van der Waals surface area contributed by atoms with Gasteiger partial charge in [0.05, 0.1) is 5.54 Å². The molecule has 4 nitrogen and oxygen atoms in total. The lowest BCUT2D eigenvalue weighted by Gasteiger charge is -2.36. The Morgan fingerprint density at radius 1 is 1.50 bits per heavy atom. The van der Waals surface area contributed by atoms with Gasteiger partial charge in [0.15, 0.2) is 5.69 Å². The van der Waals surface area contributed by atoms with Gasteiger partial charge in [-0.15, -0.1) is 16.7 Å². The summed E-state index contributed by atoms with van der Waals surface area (Å²) >= 11 is 7.18. The number of rotatable bonds is 3. The fourth-order valence-electron chi connectivity index (χ4n) is 2.09. The molecule has 0 aromatic carbocycles. The van der Waals surface area contributed by atoms with Crippen LogP contribution in [0.15, 0.2) is 5.38 Å². The fraction of sp³-hybridized carbons (Fsp3) is 0.700. The maximum Gasteiger partial charge on any atom is 0.273 e. The highest BCUT2D eigenvalue weighted by atomic mass is 35.5. The molecule has 1 aromatic heterocycles. The zero-order valence-corrected chi connectivity index (χ0v) is 10.5. The Labute approximate surface area is 104 Å². The zero-order valence-electron chi connectivity index (χ0n) is 8.91. The predicted molar refractivity (Wildman–Crippen MR) is 63.9 cm³/mol. The van der Waals surface area contributed by atoms with Gasteiger partial charge in [-0.05, 0) is 24.4 Å². The second kappa shape index (κ2) is 5.10. The van der Waals surface area contributed by atoms with Crippen LogP contribution in [0.4, 0.5) is 0 Å². The molecule has 6 heteroatoms. The molecule has 0 radical (unpaired) electrons. The van der Waals surface area contributed by atoms with Gasteiger partial charge in [-0.3, -0.25) is 4.79 Å². The van der Waals surface area contributed by atoms with Crippen molar-refractivity contribution in [2.75, 3.05) is 5.88 Å². The van der Waals surface area contributed by atoms with Crippen LogP contribution in [0.1, 0.15) is 42.6 Å². The van der Waals surface area contributed by atoms with Gasteiger partial charge in [-0.25, -0.2) is 0 Å². The molecular formula is C10H14ClN3OS. The molecule has 1 aliphatic carbocycles.